The number of benzene rings is 2. The summed E-state index contributed by atoms with van der Waals surface area (Å²) in [5.74, 6) is -1.63. The molecule has 0 spiro atoms. The number of esters is 1. The summed E-state index contributed by atoms with van der Waals surface area (Å²) in [6.07, 6.45) is 2.61. The van der Waals surface area contributed by atoms with Crippen LogP contribution in [0.5, 0.6) is 0 Å². The third-order valence-electron chi connectivity index (χ3n) is 3.20. The molecular formula is C19H16FNO4. The number of ketones is 1. The van der Waals surface area contributed by atoms with Gasteiger partial charge in [-0.3, -0.25) is 9.59 Å². The summed E-state index contributed by atoms with van der Waals surface area (Å²) < 4.78 is 17.6. The standard InChI is InChI=1S/C19H16FNO4/c1-13(22)15-5-9-17(10-6-15)21-18(23)12-25-19(24)11-4-14-2-7-16(20)8-3-14/h2-11H,12H2,1H3,(H,21,23)/b11-4+. The van der Waals surface area contributed by atoms with Crippen LogP contribution in [0, 0.1) is 5.82 Å². The van der Waals surface area contributed by atoms with E-state index in [0.29, 0.717) is 16.8 Å². The third kappa shape index (κ3) is 6.02. The minimum Gasteiger partial charge on any atom is -0.452 e. The van der Waals surface area contributed by atoms with Gasteiger partial charge >= 0.3 is 5.97 Å². The number of ether oxygens (including phenoxy) is 1. The number of carbonyl (C=O) groups is 3. The summed E-state index contributed by atoms with van der Waals surface area (Å²) in [4.78, 5) is 34.5. The zero-order valence-electron chi connectivity index (χ0n) is 13.5. The quantitative estimate of drug-likeness (QED) is 0.497. The smallest absolute Gasteiger partial charge is 0.331 e. The van der Waals surface area contributed by atoms with Gasteiger partial charge in [-0.1, -0.05) is 12.1 Å². The fourth-order valence-corrected chi connectivity index (χ4v) is 1.91. The molecule has 2 aromatic carbocycles. The van der Waals surface area contributed by atoms with E-state index >= 15 is 0 Å². The lowest BCUT2D eigenvalue weighted by Crippen LogP contribution is -2.20. The Kier molecular flexibility index (Phi) is 6.17. The summed E-state index contributed by atoms with van der Waals surface area (Å²) in [5, 5.41) is 2.55. The highest BCUT2D eigenvalue weighted by Gasteiger charge is 2.06. The van der Waals surface area contributed by atoms with E-state index in [1.165, 1.54) is 37.3 Å². The molecule has 0 atom stereocenters. The van der Waals surface area contributed by atoms with Gasteiger partial charge in [0.05, 0.1) is 0 Å². The molecular weight excluding hydrogens is 325 g/mol. The number of Topliss-reactive ketones (excluding diaryl/α,β-unsaturated/α-hetero) is 1. The van der Waals surface area contributed by atoms with Crippen molar-refractivity contribution in [2.75, 3.05) is 11.9 Å². The molecule has 0 radical (unpaired) electrons. The molecule has 5 nitrogen and oxygen atoms in total. The Morgan fingerprint density at radius 3 is 2.28 bits per heavy atom. The molecule has 0 fully saturated rings. The van der Waals surface area contributed by atoms with Crippen LogP contribution in [0.15, 0.2) is 54.6 Å². The molecule has 128 valence electrons. The summed E-state index contributed by atoms with van der Waals surface area (Å²) >= 11 is 0. The van der Waals surface area contributed by atoms with Crippen LogP contribution in [0.2, 0.25) is 0 Å². The van der Waals surface area contributed by atoms with Crippen LogP contribution >= 0.6 is 0 Å². The van der Waals surface area contributed by atoms with E-state index in [1.54, 1.807) is 24.3 Å². The predicted molar refractivity (Wildman–Crippen MR) is 91.5 cm³/mol. The average molecular weight is 341 g/mol. The van der Waals surface area contributed by atoms with Gasteiger partial charge in [0, 0.05) is 17.3 Å². The predicted octanol–water partition coefficient (Wildman–Crippen LogP) is 3.22. The molecule has 0 aromatic heterocycles. The van der Waals surface area contributed by atoms with Gasteiger partial charge in [-0.25, -0.2) is 9.18 Å². The molecule has 0 aliphatic rings. The molecule has 0 bridgehead atoms. The number of carbonyl (C=O) groups excluding carboxylic acids is 3. The Hall–Kier alpha value is -3.28. The SMILES string of the molecule is CC(=O)c1ccc(NC(=O)COC(=O)/C=C/c2ccc(F)cc2)cc1. The maximum absolute atomic E-state index is 12.8. The van der Waals surface area contributed by atoms with Crippen molar-refractivity contribution in [2.24, 2.45) is 0 Å². The minimum absolute atomic E-state index is 0.0697. The molecule has 0 aliphatic carbocycles. The van der Waals surface area contributed by atoms with E-state index in [9.17, 15) is 18.8 Å². The number of halogens is 1. The minimum atomic E-state index is -0.689. The van der Waals surface area contributed by atoms with Gasteiger partial charge in [0.2, 0.25) is 0 Å². The highest BCUT2D eigenvalue weighted by Crippen LogP contribution is 2.10. The number of nitrogens with one attached hydrogen (secondary N) is 1. The van der Waals surface area contributed by atoms with Crippen molar-refractivity contribution < 1.29 is 23.5 Å². The van der Waals surface area contributed by atoms with Crippen LogP contribution in [0.3, 0.4) is 0 Å². The van der Waals surface area contributed by atoms with Gasteiger partial charge in [0.15, 0.2) is 12.4 Å². The monoisotopic (exact) mass is 341 g/mol. The second-order valence-electron chi connectivity index (χ2n) is 5.17. The maximum atomic E-state index is 12.8. The van der Waals surface area contributed by atoms with Gasteiger partial charge < -0.3 is 10.1 Å². The first kappa shape index (κ1) is 18.1. The van der Waals surface area contributed by atoms with Gasteiger partial charge in [0.1, 0.15) is 5.82 Å². The Morgan fingerprint density at radius 2 is 1.68 bits per heavy atom. The number of amides is 1. The highest BCUT2D eigenvalue weighted by molar-refractivity contribution is 5.96. The molecule has 0 saturated heterocycles. The molecule has 1 N–H and O–H groups in total. The molecule has 1 amide bonds. The van der Waals surface area contributed by atoms with Crippen molar-refractivity contribution >= 4 is 29.4 Å². The van der Waals surface area contributed by atoms with Crippen LogP contribution in [-0.4, -0.2) is 24.3 Å². The van der Waals surface area contributed by atoms with Crippen LogP contribution in [0.25, 0.3) is 6.08 Å². The lowest BCUT2D eigenvalue weighted by atomic mass is 10.1. The van der Waals surface area contributed by atoms with E-state index in [4.69, 9.17) is 4.74 Å². The first-order chi connectivity index (χ1) is 11.9. The van der Waals surface area contributed by atoms with E-state index < -0.39 is 18.5 Å². The lowest BCUT2D eigenvalue weighted by molar-refractivity contribution is -0.142. The molecule has 6 heteroatoms. The first-order valence-corrected chi connectivity index (χ1v) is 7.45. The molecule has 2 aromatic rings. The first-order valence-electron chi connectivity index (χ1n) is 7.45. The van der Waals surface area contributed by atoms with Crippen molar-refractivity contribution in [3.63, 3.8) is 0 Å². The summed E-state index contributed by atoms with van der Waals surface area (Å²) in [6, 6.07) is 11.9. The summed E-state index contributed by atoms with van der Waals surface area (Å²) in [7, 11) is 0. The number of rotatable bonds is 6. The molecule has 0 aliphatic heterocycles. The van der Waals surface area contributed by atoms with Crippen LogP contribution in [0.1, 0.15) is 22.8 Å². The molecule has 0 heterocycles. The zero-order valence-corrected chi connectivity index (χ0v) is 13.5. The van der Waals surface area contributed by atoms with Gasteiger partial charge in [-0.2, -0.15) is 0 Å². The van der Waals surface area contributed by atoms with Crippen molar-refractivity contribution in [3.05, 3.63) is 71.6 Å². The van der Waals surface area contributed by atoms with E-state index in [-0.39, 0.29) is 11.6 Å². The van der Waals surface area contributed by atoms with Crippen molar-refractivity contribution in [1.82, 2.24) is 0 Å². The summed E-state index contributed by atoms with van der Waals surface area (Å²) in [6.45, 7) is 1.01. The van der Waals surface area contributed by atoms with E-state index in [2.05, 4.69) is 5.32 Å². The van der Waals surface area contributed by atoms with Crippen LogP contribution < -0.4 is 5.32 Å². The number of hydrogen-bond acceptors (Lipinski definition) is 4. The highest BCUT2D eigenvalue weighted by atomic mass is 19.1. The average Bonchev–Trinajstić information content (AvgIpc) is 2.60. The molecule has 2 rings (SSSR count). The summed E-state index contributed by atoms with van der Waals surface area (Å²) in [5.41, 5.74) is 1.66. The largest absolute Gasteiger partial charge is 0.452 e. The van der Waals surface area contributed by atoms with E-state index in [0.717, 1.165) is 6.08 Å². The maximum Gasteiger partial charge on any atom is 0.331 e. The van der Waals surface area contributed by atoms with Crippen LogP contribution in [0.4, 0.5) is 10.1 Å². The van der Waals surface area contributed by atoms with Crippen LogP contribution in [-0.2, 0) is 14.3 Å². The topological polar surface area (TPSA) is 72.5 Å². The molecule has 0 saturated carbocycles. The van der Waals surface area contributed by atoms with E-state index in [1.807, 2.05) is 0 Å². The van der Waals surface area contributed by atoms with Gasteiger partial charge in [-0.05, 0) is 55.0 Å². The lowest BCUT2D eigenvalue weighted by Gasteiger charge is -2.06. The van der Waals surface area contributed by atoms with Gasteiger partial charge in [0.25, 0.3) is 5.91 Å². The van der Waals surface area contributed by atoms with Gasteiger partial charge in [-0.15, -0.1) is 0 Å². The normalized spacial score (nSPS) is 10.5. The fraction of sp³-hybridized carbons (Fsp3) is 0.105. The Labute approximate surface area is 144 Å². The Morgan fingerprint density at radius 1 is 1.04 bits per heavy atom. The van der Waals surface area contributed by atoms with Crippen molar-refractivity contribution in [2.45, 2.75) is 6.92 Å². The Balaban J connectivity index is 1.79. The fourth-order valence-electron chi connectivity index (χ4n) is 1.91. The van der Waals surface area contributed by atoms with Crippen molar-refractivity contribution in [3.8, 4) is 0 Å². The second-order valence-corrected chi connectivity index (χ2v) is 5.17. The Bertz CT molecular complexity index is 795. The third-order valence-corrected chi connectivity index (χ3v) is 3.20. The number of anilines is 1. The molecule has 25 heavy (non-hydrogen) atoms. The van der Waals surface area contributed by atoms with Crippen molar-refractivity contribution in [1.29, 1.82) is 0 Å². The second kappa shape index (κ2) is 8.54. The molecule has 0 unspecified atom stereocenters. The zero-order chi connectivity index (χ0) is 18.2. The number of hydrogen-bond donors (Lipinski definition) is 1.